The predicted octanol–water partition coefficient (Wildman–Crippen LogP) is 3.94. The fourth-order valence-electron chi connectivity index (χ4n) is 2.07. The maximum atomic E-state index is 12.5. The normalized spacial score (nSPS) is 20.8. The van der Waals surface area contributed by atoms with Crippen LogP contribution in [-0.4, -0.2) is 6.54 Å². The van der Waals surface area contributed by atoms with Gasteiger partial charge < -0.3 is 5.32 Å². The minimum absolute atomic E-state index is 0. The van der Waals surface area contributed by atoms with Gasteiger partial charge in [0.05, 0.1) is 5.56 Å². The molecule has 96 valence electrons. The van der Waals surface area contributed by atoms with Gasteiger partial charge in [-0.05, 0) is 37.1 Å². The van der Waals surface area contributed by atoms with Crippen LogP contribution in [0.1, 0.15) is 36.4 Å². The van der Waals surface area contributed by atoms with Crippen molar-refractivity contribution in [2.24, 2.45) is 0 Å². The molecule has 1 atom stereocenters. The summed E-state index contributed by atoms with van der Waals surface area (Å²) in [7, 11) is 0. The average Bonchev–Trinajstić information content (AvgIpc) is 2.29. The van der Waals surface area contributed by atoms with Crippen molar-refractivity contribution in [1.29, 1.82) is 0 Å². The topological polar surface area (TPSA) is 12.0 Å². The SMILES string of the molecule is Cl.FC(F)(F)c1cccc([C@@H]2CCCCN2)c1. The van der Waals surface area contributed by atoms with E-state index >= 15 is 0 Å². The molecule has 5 heteroatoms. The van der Waals surface area contributed by atoms with Gasteiger partial charge in [0.2, 0.25) is 0 Å². The van der Waals surface area contributed by atoms with E-state index in [-0.39, 0.29) is 18.4 Å². The molecule has 1 aromatic carbocycles. The second kappa shape index (κ2) is 5.74. The van der Waals surface area contributed by atoms with Crippen LogP contribution in [0.15, 0.2) is 24.3 Å². The molecule has 1 N–H and O–H groups in total. The smallest absolute Gasteiger partial charge is 0.310 e. The van der Waals surface area contributed by atoms with Crippen molar-refractivity contribution in [2.45, 2.75) is 31.5 Å². The third-order valence-corrected chi connectivity index (χ3v) is 2.93. The number of piperidine rings is 1. The van der Waals surface area contributed by atoms with E-state index in [4.69, 9.17) is 0 Å². The number of halogens is 4. The summed E-state index contributed by atoms with van der Waals surface area (Å²) in [4.78, 5) is 0. The zero-order valence-corrected chi connectivity index (χ0v) is 10.1. The molecule has 0 saturated carbocycles. The molecule has 0 aliphatic carbocycles. The van der Waals surface area contributed by atoms with Crippen molar-refractivity contribution < 1.29 is 13.2 Å². The quantitative estimate of drug-likeness (QED) is 0.811. The lowest BCUT2D eigenvalue weighted by Gasteiger charge is -2.24. The Bertz CT molecular complexity index is 359. The Balaban J connectivity index is 0.00000144. The van der Waals surface area contributed by atoms with Gasteiger partial charge in [-0.2, -0.15) is 13.2 Å². The molecule has 0 spiro atoms. The first kappa shape index (κ1) is 14.3. The van der Waals surface area contributed by atoms with Crippen LogP contribution in [0.3, 0.4) is 0 Å². The van der Waals surface area contributed by atoms with E-state index in [1.165, 1.54) is 12.1 Å². The predicted molar refractivity (Wildman–Crippen MR) is 63.3 cm³/mol. The van der Waals surface area contributed by atoms with Crippen LogP contribution >= 0.6 is 12.4 Å². The zero-order chi connectivity index (χ0) is 11.6. The number of rotatable bonds is 1. The summed E-state index contributed by atoms with van der Waals surface area (Å²) in [5, 5.41) is 3.25. The van der Waals surface area contributed by atoms with E-state index in [9.17, 15) is 13.2 Å². The average molecular weight is 266 g/mol. The van der Waals surface area contributed by atoms with Crippen molar-refractivity contribution in [3.05, 3.63) is 35.4 Å². The van der Waals surface area contributed by atoms with Crippen molar-refractivity contribution in [3.8, 4) is 0 Å². The van der Waals surface area contributed by atoms with E-state index in [1.807, 2.05) is 0 Å². The second-order valence-corrected chi connectivity index (χ2v) is 4.13. The molecule has 0 bridgehead atoms. The Morgan fingerprint density at radius 3 is 2.53 bits per heavy atom. The van der Waals surface area contributed by atoms with Crippen LogP contribution in [0.5, 0.6) is 0 Å². The molecule has 1 heterocycles. The molecule has 1 nitrogen and oxygen atoms in total. The Morgan fingerprint density at radius 1 is 1.18 bits per heavy atom. The monoisotopic (exact) mass is 265 g/mol. The lowest BCUT2D eigenvalue weighted by atomic mass is 9.96. The van der Waals surface area contributed by atoms with Crippen LogP contribution < -0.4 is 5.32 Å². The van der Waals surface area contributed by atoms with Crippen molar-refractivity contribution in [1.82, 2.24) is 5.32 Å². The fourth-order valence-corrected chi connectivity index (χ4v) is 2.07. The molecule has 0 amide bonds. The Morgan fingerprint density at radius 2 is 1.94 bits per heavy atom. The third kappa shape index (κ3) is 3.61. The first-order valence-corrected chi connectivity index (χ1v) is 5.48. The molecule has 1 saturated heterocycles. The summed E-state index contributed by atoms with van der Waals surface area (Å²) >= 11 is 0. The molecule has 17 heavy (non-hydrogen) atoms. The third-order valence-electron chi connectivity index (χ3n) is 2.93. The Kier molecular flexibility index (Phi) is 4.83. The first-order valence-electron chi connectivity index (χ1n) is 5.48. The van der Waals surface area contributed by atoms with Crippen LogP contribution in [0.2, 0.25) is 0 Å². The summed E-state index contributed by atoms with van der Waals surface area (Å²) in [6.45, 7) is 0.890. The highest BCUT2D eigenvalue weighted by Gasteiger charge is 2.31. The maximum Gasteiger partial charge on any atom is 0.416 e. The lowest BCUT2D eigenvalue weighted by Crippen LogP contribution is -2.27. The van der Waals surface area contributed by atoms with Crippen molar-refractivity contribution in [3.63, 3.8) is 0 Å². The molecule has 1 fully saturated rings. The first-order chi connectivity index (χ1) is 7.57. The van der Waals surface area contributed by atoms with Gasteiger partial charge in [-0.15, -0.1) is 12.4 Å². The Hall–Kier alpha value is -0.740. The van der Waals surface area contributed by atoms with Gasteiger partial charge in [0.1, 0.15) is 0 Å². The molecule has 2 rings (SSSR count). The fraction of sp³-hybridized carbons (Fsp3) is 0.500. The molecule has 0 aromatic heterocycles. The van der Waals surface area contributed by atoms with E-state index in [0.29, 0.717) is 0 Å². The van der Waals surface area contributed by atoms with Crippen molar-refractivity contribution >= 4 is 12.4 Å². The number of alkyl halides is 3. The van der Waals surface area contributed by atoms with E-state index in [2.05, 4.69) is 5.32 Å². The van der Waals surface area contributed by atoms with E-state index in [0.717, 1.165) is 37.4 Å². The van der Waals surface area contributed by atoms with Gasteiger partial charge in [0, 0.05) is 6.04 Å². The summed E-state index contributed by atoms with van der Waals surface area (Å²) in [5.41, 5.74) is 0.187. The summed E-state index contributed by atoms with van der Waals surface area (Å²) in [6.07, 6.45) is -1.14. The molecule has 0 radical (unpaired) electrons. The van der Waals surface area contributed by atoms with Gasteiger partial charge in [0.15, 0.2) is 0 Å². The number of hydrogen-bond acceptors (Lipinski definition) is 1. The highest BCUT2D eigenvalue weighted by Crippen LogP contribution is 2.32. The van der Waals surface area contributed by atoms with Crippen LogP contribution in [0.4, 0.5) is 13.2 Å². The largest absolute Gasteiger partial charge is 0.416 e. The van der Waals surface area contributed by atoms with E-state index in [1.54, 1.807) is 6.07 Å². The number of nitrogens with one attached hydrogen (secondary N) is 1. The number of benzene rings is 1. The summed E-state index contributed by atoms with van der Waals surface area (Å²) in [6, 6.07) is 5.69. The Labute approximate surface area is 105 Å². The standard InChI is InChI=1S/C12H14F3N.ClH/c13-12(14,15)10-5-3-4-9(8-10)11-6-1-2-7-16-11;/h3-5,8,11,16H,1-2,6-7H2;1H/t11-;/m0./s1. The highest BCUT2D eigenvalue weighted by atomic mass is 35.5. The maximum absolute atomic E-state index is 12.5. The minimum atomic E-state index is -4.25. The zero-order valence-electron chi connectivity index (χ0n) is 9.26. The van der Waals surface area contributed by atoms with Gasteiger partial charge in [-0.25, -0.2) is 0 Å². The molecule has 1 aliphatic heterocycles. The van der Waals surface area contributed by atoms with Gasteiger partial charge >= 0.3 is 6.18 Å². The lowest BCUT2D eigenvalue weighted by molar-refractivity contribution is -0.137. The summed E-state index contributed by atoms with van der Waals surface area (Å²) in [5.74, 6) is 0. The molecule has 0 unspecified atom stereocenters. The minimum Gasteiger partial charge on any atom is -0.310 e. The highest BCUT2D eigenvalue weighted by molar-refractivity contribution is 5.85. The summed E-state index contributed by atoms with van der Waals surface area (Å²) < 4.78 is 37.5. The molecular weight excluding hydrogens is 251 g/mol. The van der Waals surface area contributed by atoms with Crippen molar-refractivity contribution in [2.75, 3.05) is 6.54 Å². The molecular formula is C12H15ClF3N. The van der Waals surface area contributed by atoms with E-state index < -0.39 is 11.7 Å². The number of hydrogen-bond donors (Lipinski definition) is 1. The van der Waals surface area contributed by atoms with Crippen LogP contribution in [0, 0.1) is 0 Å². The second-order valence-electron chi connectivity index (χ2n) is 4.13. The van der Waals surface area contributed by atoms with Gasteiger partial charge in [0.25, 0.3) is 0 Å². The molecule has 1 aromatic rings. The van der Waals surface area contributed by atoms with Crippen LogP contribution in [0.25, 0.3) is 0 Å². The van der Waals surface area contributed by atoms with Gasteiger partial charge in [-0.3, -0.25) is 0 Å². The van der Waals surface area contributed by atoms with Crippen LogP contribution in [-0.2, 0) is 6.18 Å². The van der Waals surface area contributed by atoms with Gasteiger partial charge in [-0.1, -0.05) is 18.6 Å². The molecule has 1 aliphatic rings.